The summed E-state index contributed by atoms with van der Waals surface area (Å²) in [4.78, 5) is 45.1. The van der Waals surface area contributed by atoms with E-state index in [1.807, 2.05) is 6.92 Å². The summed E-state index contributed by atoms with van der Waals surface area (Å²) in [6.45, 7) is 3.38. The fraction of sp³-hybridized carbons (Fsp3) is 0.692. The fourth-order valence-corrected chi connectivity index (χ4v) is 1.97. The minimum atomic E-state index is -1.59. The zero-order chi connectivity index (χ0) is 16.6. The van der Waals surface area contributed by atoms with Crippen LogP contribution < -0.4 is 5.32 Å². The van der Waals surface area contributed by atoms with Gasteiger partial charge in [0, 0.05) is 6.54 Å². The molecule has 0 aliphatic carbocycles. The van der Waals surface area contributed by atoms with E-state index in [9.17, 15) is 19.2 Å². The second-order valence-electron chi connectivity index (χ2n) is 4.84. The highest BCUT2D eigenvalue weighted by Gasteiger charge is 2.41. The second-order valence-corrected chi connectivity index (χ2v) is 4.84. The molecule has 0 aromatic carbocycles. The topological polar surface area (TPSA) is 141 Å². The van der Waals surface area contributed by atoms with Crippen LogP contribution in [0, 0.1) is 17.8 Å². The molecule has 0 spiro atoms. The van der Waals surface area contributed by atoms with Gasteiger partial charge in [0.15, 0.2) is 0 Å². The summed E-state index contributed by atoms with van der Waals surface area (Å²) in [7, 11) is 0. The van der Waals surface area contributed by atoms with E-state index in [4.69, 9.17) is 15.3 Å². The van der Waals surface area contributed by atoms with E-state index >= 15 is 0 Å². The van der Waals surface area contributed by atoms with Crippen molar-refractivity contribution < 1.29 is 34.5 Å². The Morgan fingerprint density at radius 1 is 1.05 bits per heavy atom. The summed E-state index contributed by atoms with van der Waals surface area (Å²) in [6, 6.07) is 0. The van der Waals surface area contributed by atoms with Gasteiger partial charge in [0.1, 0.15) is 0 Å². The summed E-state index contributed by atoms with van der Waals surface area (Å²) in [5.74, 6) is -9.31. The van der Waals surface area contributed by atoms with Crippen molar-refractivity contribution in [1.82, 2.24) is 5.32 Å². The first kappa shape index (κ1) is 18.9. The van der Waals surface area contributed by atoms with E-state index in [0.29, 0.717) is 6.42 Å². The predicted octanol–water partition coefficient (Wildman–Crippen LogP) is 0.415. The Labute approximate surface area is 122 Å². The molecule has 0 aliphatic heterocycles. The van der Waals surface area contributed by atoms with Crippen molar-refractivity contribution in [2.24, 2.45) is 17.8 Å². The molecule has 120 valence electrons. The third-order valence-corrected chi connectivity index (χ3v) is 3.21. The van der Waals surface area contributed by atoms with Gasteiger partial charge in [-0.2, -0.15) is 0 Å². The SMILES string of the molecule is CCCCNC(=O)[C@@H]([C@H](CC(=O)O)C(=O)O)[C@@H](C)C(=O)O. The van der Waals surface area contributed by atoms with Gasteiger partial charge in [0.2, 0.25) is 5.91 Å². The third kappa shape index (κ3) is 6.24. The van der Waals surface area contributed by atoms with Gasteiger partial charge in [-0.15, -0.1) is 0 Å². The molecule has 0 unspecified atom stereocenters. The number of carbonyl (C=O) groups excluding carboxylic acids is 1. The van der Waals surface area contributed by atoms with Crippen LogP contribution in [0.15, 0.2) is 0 Å². The summed E-state index contributed by atoms with van der Waals surface area (Å²) < 4.78 is 0. The molecule has 8 nitrogen and oxygen atoms in total. The van der Waals surface area contributed by atoms with Crippen molar-refractivity contribution in [2.45, 2.75) is 33.1 Å². The van der Waals surface area contributed by atoms with Gasteiger partial charge in [-0.25, -0.2) is 0 Å². The van der Waals surface area contributed by atoms with Gasteiger partial charge >= 0.3 is 17.9 Å². The van der Waals surface area contributed by atoms with Crippen molar-refractivity contribution >= 4 is 23.8 Å². The molecule has 0 fully saturated rings. The molecule has 21 heavy (non-hydrogen) atoms. The van der Waals surface area contributed by atoms with Crippen LogP contribution in [-0.2, 0) is 19.2 Å². The lowest BCUT2D eigenvalue weighted by Gasteiger charge is -2.25. The van der Waals surface area contributed by atoms with Crippen LogP contribution in [0.3, 0.4) is 0 Å². The molecule has 0 saturated carbocycles. The number of carbonyl (C=O) groups is 4. The van der Waals surface area contributed by atoms with Crippen molar-refractivity contribution in [3.63, 3.8) is 0 Å². The Morgan fingerprint density at radius 2 is 1.62 bits per heavy atom. The Balaban J connectivity index is 5.26. The monoisotopic (exact) mass is 303 g/mol. The predicted molar refractivity (Wildman–Crippen MR) is 71.6 cm³/mol. The molecule has 8 heteroatoms. The second kappa shape index (κ2) is 8.93. The van der Waals surface area contributed by atoms with Crippen LogP contribution in [0.25, 0.3) is 0 Å². The summed E-state index contributed by atoms with van der Waals surface area (Å²) in [5, 5.41) is 29.3. The molecule has 0 saturated heterocycles. The van der Waals surface area contributed by atoms with E-state index in [2.05, 4.69) is 5.32 Å². The first-order valence-electron chi connectivity index (χ1n) is 6.67. The lowest BCUT2D eigenvalue weighted by molar-refractivity contribution is -0.158. The minimum Gasteiger partial charge on any atom is -0.481 e. The van der Waals surface area contributed by atoms with Crippen LogP contribution in [0.2, 0.25) is 0 Å². The average molecular weight is 303 g/mol. The van der Waals surface area contributed by atoms with Crippen molar-refractivity contribution in [1.29, 1.82) is 0 Å². The molecule has 1 amide bonds. The Morgan fingerprint density at radius 3 is 2.00 bits per heavy atom. The van der Waals surface area contributed by atoms with Gasteiger partial charge in [-0.1, -0.05) is 20.3 Å². The molecule has 0 radical (unpaired) electrons. The van der Waals surface area contributed by atoms with Crippen molar-refractivity contribution in [3.8, 4) is 0 Å². The van der Waals surface area contributed by atoms with Gasteiger partial charge in [0.25, 0.3) is 0 Å². The van der Waals surface area contributed by atoms with Gasteiger partial charge < -0.3 is 20.6 Å². The number of aliphatic carboxylic acids is 3. The Bertz CT molecular complexity index is 407. The van der Waals surface area contributed by atoms with Gasteiger partial charge in [-0.3, -0.25) is 19.2 Å². The first-order chi connectivity index (χ1) is 9.72. The van der Waals surface area contributed by atoms with Gasteiger partial charge in [-0.05, 0) is 6.42 Å². The molecule has 0 rings (SSSR count). The molecular weight excluding hydrogens is 282 g/mol. The van der Waals surface area contributed by atoms with Gasteiger partial charge in [0.05, 0.1) is 24.2 Å². The quantitative estimate of drug-likeness (QED) is 0.428. The van der Waals surface area contributed by atoms with Crippen LogP contribution in [0.1, 0.15) is 33.1 Å². The number of hydrogen-bond donors (Lipinski definition) is 4. The van der Waals surface area contributed by atoms with E-state index < -0.39 is 48.0 Å². The minimum absolute atomic E-state index is 0.289. The number of carboxylic acids is 3. The van der Waals surface area contributed by atoms with E-state index in [-0.39, 0.29) is 6.54 Å². The number of hydrogen-bond acceptors (Lipinski definition) is 4. The maximum absolute atomic E-state index is 12.1. The number of carboxylic acid groups (broad SMARTS) is 3. The Hall–Kier alpha value is -2.12. The summed E-state index contributed by atoms with van der Waals surface area (Å²) in [6.07, 6.45) is 0.659. The highest BCUT2D eigenvalue weighted by molar-refractivity contribution is 5.90. The molecule has 0 bridgehead atoms. The largest absolute Gasteiger partial charge is 0.481 e. The zero-order valence-corrected chi connectivity index (χ0v) is 12.0. The summed E-state index contributed by atoms with van der Waals surface area (Å²) in [5.41, 5.74) is 0. The van der Waals surface area contributed by atoms with E-state index in [1.54, 1.807) is 0 Å². The van der Waals surface area contributed by atoms with Crippen LogP contribution >= 0.6 is 0 Å². The number of unbranched alkanes of at least 4 members (excludes halogenated alkanes) is 1. The molecule has 4 N–H and O–H groups in total. The smallest absolute Gasteiger partial charge is 0.307 e. The Kier molecular flexibility index (Phi) is 8.03. The van der Waals surface area contributed by atoms with E-state index in [1.165, 1.54) is 6.92 Å². The normalized spacial score (nSPS) is 14.8. The lowest BCUT2D eigenvalue weighted by atomic mass is 9.79. The average Bonchev–Trinajstić information content (AvgIpc) is 2.37. The molecule has 3 atom stereocenters. The summed E-state index contributed by atoms with van der Waals surface area (Å²) >= 11 is 0. The van der Waals surface area contributed by atoms with Crippen molar-refractivity contribution in [2.75, 3.05) is 6.54 Å². The van der Waals surface area contributed by atoms with Crippen molar-refractivity contribution in [3.05, 3.63) is 0 Å². The highest BCUT2D eigenvalue weighted by atomic mass is 16.4. The molecule has 0 aromatic heterocycles. The van der Waals surface area contributed by atoms with E-state index in [0.717, 1.165) is 6.42 Å². The molecule has 0 aromatic rings. The first-order valence-corrected chi connectivity index (χ1v) is 6.67. The molecular formula is C13H21NO7. The third-order valence-electron chi connectivity index (χ3n) is 3.21. The lowest BCUT2D eigenvalue weighted by Crippen LogP contribution is -2.44. The maximum atomic E-state index is 12.1. The zero-order valence-electron chi connectivity index (χ0n) is 12.0. The van der Waals surface area contributed by atoms with Crippen LogP contribution in [0.5, 0.6) is 0 Å². The maximum Gasteiger partial charge on any atom is 0.307 e. The number of nitrogens with one attached hydrogen (secondary N) is 1. The highest BCUT2D eigenvalue weighted by Crippen LogP contribution is 2.25. The van der Waals surface area contributed by atoms with Crippen LogP contribution in [-0.4, -0.2) is 45.7 Å². The number of amides is 1. The fourth-order valence-electron chi connectivity index (χ4n) is 1.97. The number of rotatable bonds is 10. The molecule has 0 heterocycles. The van der Waals surface area contributed by atoms with Crippen LogP contribution in [0.4, 0.5) is 0 Å². The standard InChI is InChI=1S/C13H21NO7/c1-3-4-5-14-11(17)10(7(2)12(18)19)8(13(20)21)6-9(15)16/h7-8,10H,3-6H2,1-2H3,(H,14,17)(H,15,16)(H,18,19)(H,20,21)/t7-,8+,10-/m1/s1. The molecule has 0 aliphatic rings.